The molecule has 1 unspecified atom stereocenters. The first-order chi connectivity index (χ1) is 12.7. The second-order valence-electron chi connectivity index (χ2n) is 6.63. The summed E-state index contributed by atoms with van der Waals surface area (Å²) in [7, 11) is 0. The van der Waals surface area contributed by atoms with E-state index in [0.717, 1.165) is 44.2 Å². The molecular weight excluding hydrogens is 451 g/mol. The predicted octanol–water partition coefficient (Wildman–Crippen LogP) is 3.58. The molecule has 1 atom stereocenters. The maximum absolute atomic E-state index is 4.78. The third-order valence-electron chi connectivity index (χ3n) is 4.14. The van der Waals surface area contributed by atoms with Gasteiger partial charge in [-0.05, 0) is 37.5 Å². The molecule has 6 nitrogen and oxygen atoms in total. The molecule has 0 spiro atoms. The molecule has 27 heavy (non-hydrogen) atoms. The number of para-hydroxylation sites is 1. The van der Waals surface area contributed by atoms with E-state index in [2.05, 4.69) is 54.0 Å². The van der Waals surface area contributed by atoms with E-state index in [4.69, 9.17) is 4.99 Å². The highest BCUT2D eigenvalue weighted by Gasteiger charge is 2.13. The largest absolute Gasteiger partial charge is 0.380 e. The zero-order valence-electron chi connectivity index (χ0n) is 16.6. The lowest BCUT2D eigenvalue weighted by atomic mass is 10.0. The van der Waals surface area contributed by atoms with Crippen molar-refractivity contribution in [1.82, 2.24) is 20.4 Å². The summed E-state index contributed by atoms with van der Waals surface area (Å²) in [5.41, 5.74) is 1.14. The Bertz CT molecular complexity index is 627. The number of anilines is 1. The van der Waals surface area contributed by atoms with Crippen molar-refractivity contribution in [3.8, 4) is 0 Å². The molecule has 2 rings (SSSR count). The van der Waals surface area contributed by atoms with Gasteiger partial charge in [0, 0.05) is 43.8 Å². The van der Waals surface area contributed by atoms with Crippen molar-refractivity contribution < 1.29 is 0 Å². The van der Waals surface area contributed by atoms with Crippen molar-refractivity contribution >= 4 is 35.6 Å². The number of guanidine groups is 1. The van der Waals surface area contributed by atoms with E-state index < -0.39 is 0 Å². The first-order valence-electron chi connectivity index (χ1n) is 9.50. The number of aliphatic imine (C=N–C) groups is 1. The summed E-state index contributed by atoms with van der Waals surface area (Å²) in [4.78, 5) is 4.78. The summed E-state index contributed by atoms with van der Waals surface area (Å²) >= 11 is 0. The van der Waals surface area contributed by atoms with E-state index in [1.165, 1.54) is 0 Å². The zero-order valence-corrected chi connectivity index (χ0v) is 18.9. The maximum atomic E-state index is 4.78. The topological polar surface area (TPSA) is 66.3 Å². The molecule has 1 aromatic carbocycles. The molecule has 0 bridgehead atoms. The van der Waals surface area contributed by atoms with Crippen LogP contribution >= 0.6 is 24.0 Å². The van der Waals surface area contributed by atoms with E-state index in [1.807, 2.05) is 41.3 Å². The van der Waals surface area contributed by atoms with Gasteiger partial charge in [0.15, 0.2) is 5.96 Å². The average molecular weight is 484 g/mol. The summed E-state index contributed by atoms with van der Waals surface area (Å²) < 4.78 is 1.95. The summed E-state index contributed by atoms with van der Waals surface area (Å²) in [5.74, 6) is 1.36. The van der Waals surface area contributed by atoms with Gasteiger partial charge >= 0.3 is 0 Å². The molecule has 0 fully saturated rings. The van der Waals surface area contributed by atoms with Gasteiger partial charge in [0.05, 0.1) is 6.54 Å². The second kappa shape index (κ2) is 13.4. The van der Waals surface area contributed by atoms with Crippen LogP contribution in [0.1, 0.15) is 27.2 Å². The van der Waals surface area contributed by atoms with Crippen LogP contribution in [-0.2, 0) is 6.54 Å². The average Bonchev–Trinajstić information content (AvgIpc) is 3.16. The Morgan fingerprint density at radius 1 is 1.15 bits per heavy atom. The first-order valence-corrected chi connectivity index (χ1v) is 9.50. The monoisotopic (exact) mass is 484 g/mol. The quantitative estimate of drug-likeness (QED) is 0.209. The van der Waals surface area contributed by atoms with E-state index in [0.29, 0.717) is 5.92 Å². The van der Waals surface area contributed by atoms with Gasteiger partial charge in [-0.25, -0.2) is 0 Å². The van der Waals surface area contributed by atoms with Crippen LogP contribution in [0.15, 0.2) is 53.8 Å². The SMILES string of the molecule is CCNC(=NCC(Nc1ccccc1)C(C)C)NCCCn1cccn1.I. The van der Waals surface area contributed by atoms with Crippen LogP contribution in [0.2, 0.25) is 0 Å². The lowest BCUT2D eigenvalue weighted by molar-refractivity contribution is 0.529. The van der Waals surface area contributed by atoms with Crippen LogP contribution < -0.4 is 16.0 Å². The van der Waals surface area contributed by atoms with Gasteiger partial charge < -0.3 is 16.0 Å². The fraction of sp³-hybridized carbons (Fsp3) is 0.500. The molecule has 7 heteroatoms. The minimum Gasteiger partial charge on any atom is -0.380 e. The lowest BCUT2D eigenvalue weighted by Gasteiger charge is -2.22. The van der Waals surface area contributed by atoms with E-state index in [1.54, 1.807) is 0 Å². The molecule has 3 N–H and O–H groups in total. The summed E-state index contributed by atoms with van der Waals surface area (Å²) in [6.07, 6.45) is 4.80. The van der Waals surface area contributed by atoms with Crippen molar-refractivity contribution in [1.29, 1.82) is 0 Å². The first kappa shape index (κ1) is 23.3. The van der Waals surface area contributed by atoms with E-state index >= 15 is 0 Å². The highest BCUT2D eigenvalue weighted by atomic mass is 127. The van der Waals surface area contributed by atoms with Crippen molar-refractivity contribution in [2.24, 2.45) is 10.9 Å². The Balaban J connectivity index is 0.00000364. The van der Waals surface area contributed by atoms with Gasteiger partial charge in [-0.3, -0.25) is 9.67 Å². The molecule has 2 aromatic rings. The Labute approximate surface area is 180 Å². The molecule has 0 amide bonds. The Morgan fingerprint density at radius 3 is 2.56 bits per heavy atom. The van der Waals surface area contributed by atoms with Crippen molar-refractivity contribution in [3.05, 3.63) is 48.8 Å². The minimum absolute atomic E-state index is 0. The molecule has 0 aliphatic rings. The Morgan fingerprint density at radius 2 is 1.93 bits per heavy atom. The molecule has 0 radical (unpaired) electrons. The van der Waals surface area contributed by atoms with Crippen LogP contribution in [-0.4, -0.2) is 41.4 Å². The molecule has 0 aliphatic heterocycles. The number of halogens is 1. The van der Waals surface area contributed by atoms with Crippen LogP contribution in [0.25, 0.3) is 0 Å². The van der Waals surface area contributed by atoms with Gasteiger partial charge in [0.1, 0.15) is 0 Å². The normalized spacial score (nSPS) is 12.4. The van der Waals surface area contributed by atoms with Gasteiger partial charge in [0.2, 0.25) is 0 Å². The van der Waals surface area contributed by atoms with Crippen molar-refractivity contribution in [2.45, 2.75) is 39.8 Å². The maximum Gasteiger partial charge on any atom is 0.191 e. The molecule has 0 saturated carbocycles. The molecule has 0 saturated heterocycles. The highest BCUT2D eigenvalue weighted by molar-refractivity contribution is 14.0. The fourth-order valence-corrected chi connectivity index (χ4v) is 2.58. The number of benzene rings is 1. The van der Waals surface area contributed by atoms with Gasteiger partial charge in [-0.15, -0.1) is 24.0 Å². The predicted molar refractivity (Wildman–Crippen MR) is 125 cm³/mol. The fourth-order valence-electron chi connectivity index (χ4n) is 2.58. The number of aromatic nitrogens is 2. The summed E-state index contributed by atoms with van der Waals surface area (Å²) in [5, 5.41) is 14.5. The van der Waals surface area contributed by atoms with Crippen LogP contribution in [0.3, 0.4) is 0 Å². The Hall–Kier alpha value is -1.77. The number of aryl methyl sites for hydroxylation is 1. The summed E-state index contributed by atoms with van der Waals surface area (Å²) in [6.45, 7) is 9.88. The standard InChI is InChI=1S/C20H32N6.HI/c1-4-21-20(22-12-8-14-26-15-9-13-24-26)23-16-19(17(2)3)25-18-10-6-5-7-11-18;/h5-7,9-11,13,15,17,19,25H,4,8,12,14,16H2,1-3H3,(H2,21,22,23);1H. The smallest absolute Gasteiger partial charge is 0.191 e. The number of rotatable bonds is 10. The molecule has 0 aliphatic carbocycles. The third-order valence-corrected chi connectivity index (χ3v) is 4.14. The van der Waals surface area contributed by atoms with Crippen molar-refractivity contribution in [3.63, 3.8) is 0 Å². The number of nitrogens with one attached hydrogen (secondary N) is 3. The molecule has 1 aromatic heterocycles. The van der Waals surface area contributed by atoms with Crippen LogP contribution in [0.4, 0.5) is 5.69 Å². The van der Waals surface area contributed by atoms with Crippen LogP contribution in [0, 0.1) is 5.92 Å². The number of hydrogen-bond donors (Lipinski definition) is 3. The zero-order chi connectivity index (χ0) is 18.6. The molecular formula is C20H33IN6. The Kier molecular flexibility index (Phi) is 11.6. The highest BCUT2D eigenvalue weighted by Crippen LogP contribution is 2.12. The minimum atomic E-state index is 0. The van der Waals surface area contributed by atoms with Crippen molar-refractivity contribution in [2.75, 3.05) is 25.0 Å². The second-order valence-corrected chi connectivity index (χ2v) is 6.63. The number of hydrogen-bond acceptors (Lipinski definition) is 3. The molecule has 150 valence electrons. The van der Waals surface area contributed by atoms with E-state index in [-0.39, 0.29) is 30.0 Å². The van der Waals surface area contributed by atoms with Crippen LogP contribution in [0.5, 0.6) is 0 Å². The number of nitrogens with zero attached hydrogens (tertiary/aromatic N) is 3. The summed E-state index contributed by atoms with van der Waals surface area (Å²) in [6, 6.07) is 12.6. The third kappa shape index (κ3) is 9.12. The lowest BCUT2D eigenvalue weighted by Crippen LogP contribution is -2.39. The van der Waals surface area contributed by atoms with Gasteiger partial charge in [-0.2, -0.15) is 5.10 Å². The van der Waals surface area contributed by atoms with Gasteiger partial charge in [-0.1, -0.05) is 32.0 Å². The molecule has 1 heterocycles. The van der Waals surface area contributed by atoms with Gasteiger partial charge in [0.25, 0.3) is 0 Å². The van der Waals surface area contributed by atoms with E-state index in [9.17, 15) is 0 Å².